The monoisotopic (exact) mass is 366 g/mol. The number of ether oxygens (including phenoxy) is 1. The van der Waals surface area contributed by atoms with E-state index in [1.54, 1.807) is 48.5 Å². The number of halogens is 3. The van der Waals surface area contributed by atoms with Gasteiger partial charge in [0.1, 0.15) is 5.75 Å². The maximum absolute atomic E-state index is 12.8. The highest BCUT2D eigenvalue weighted by Crippen LogP contribution is 2.29. The third-order valence-electron chi connectivity index (χ3n) is 3.64. The highest BCUT2D eigenvalue weighted by molar-refractivity contribution is 5.97. The Balaban J connectivity index is 1.97. The summed E-state index contributed by atoms with van der Waals surface area (Å²) in [5, 5.41) is 8.87. The Morgan fingerprint density at radius 3 is 2.04 bits per heavy atom. The largest absolute Gasteiger partial charge is 0.438 e. The van der Waals surface area contributed by atoms with E-state index in [0.29, 0.717) is 22.6 Å². The summed E-state index contributed by atoms with van der Waals surface area (Å²) >= 11 is 0. The zero-order chi connectivity index (χ0) is 19.3. The van der Waals surface area contributed by atoms with Gasteiger partial charge in [-0.1, -0.05) is 18.2 Å². The minimum Gasteiger partial charge on any atom is -0.438 e. The van der Waals surface area contributed by atoms with Gasteiger partial charge in [-0.05, 0) is 60.7 Å². The first-order valence-electron chi connectivity index (χ1n) is 7.95. The van der Waals surface area contributed by atoms with E-state index in [2.05, 4.69) is 4.99 Å². The molecule has 0 bridgehead atoms. The first-order valence-corrected chi connectivity index (χ1v) is 7.95. The molecule has 0 aliphatic carbocycles. The lowest BCUT2D eigenvalue weighted by molar-refractivity contribution is -0.137. The van der Waals surface area contributed by atoms with Gasteiger partial charge in [-0.3, -0.25) is 0 Å². The third-order valence-corrected chi connectivity index (χ3v) is 3.64. The molecule has 0 radical (unpaired) electrons. The smallest absolute Gasteiger partial charge is 0.416 e. The Kier molecular flexibility index (Phi) is 5.23. The van der Waals surface area contributed by atoms with Crippen LogP contribution in [0, 0.1) is 11.3 Å². The maximum Gasteiger partial charge on any atom is 0.416 e. The van der Waals surface area contributed by atoms with Gasteiger partial charge in [-0.25, -0.2) is 4.99 Å². The lowest BCUT2D eigenvalue weighted by atomic mass is 10.1. The Morgan fingerprint density at radius 2 is 1.48 bits per heavy atom. The Hall–Kier alpha value is -3.59. The van der Waals surface area contributed by atoms with Crippen molar-refractivity contribution in [1.29, 1.82) is 5.26 Å². The van der Waals surface area contributed by atoms with E-state index in [4.69, 9.17) is 10.00 Å². The van der Waals surface area contributed by atoms with Gasteiger partial charge in [0.2, 0.25) is 5.90 Å². The molecule has 0 heterocycles. The standard InChI is InChI=1S/C21H13F3N2O/c22-21(23,24)17-10-8-16(9-11-17)20(26-18-4-2-1-3-5-18)27-19-12-6-15(14-25)7-13-19/h1-13H. The van der Waals surface area contributed by atoms with Crippen LogP contribution in [0.1, 0.15) is 16.7 Å². The van der Waals surface area contributed by atoms with Gasteiger partial charge >= 0.3 is 6.18 Å². The van der Waals surface area contributed by atoms with Crippen LogP contribution in [-0.4, -0.2) is 5.90 Å². The molecule has 0 unspecified atom stereocenters. The number of alkyl halides is 3. The molecular formula is C21H13F3N2O. The number of nitriles is 1. The highest BCUT2D eigenvalue weighted by Gasteiger charge is 2.30. The van der Waals surface area contributed by atoms with Gasteiger partial charge in [-0.2, -0.15) is 18.4 Å². The number of hydrogen-bond acceptors (Lipinski definition) is 3. The van der Waals surface area contributed by atoms with Crippen LogP contribution in [0.5, 0.6) is 5.75 Å². The molecule has 0 saturated carbocycles. The Morgan fingerprint density at radius 1 is 0.852 bits per heavy atom. The topological polar surface area (TPSA) is 45.4 Å². The van der Waals surface area contributed by atoms with Gasteiger partial charge in [0, 0.05) is 5.56 Å². The fraction of sp³-hybridized carbons (Fsp3) is 0.0476. The first kappa shape index (κ1) is 18.2. The van der Waals surface area contributed by atoms with Crippen molar-refractivity contribution in [2.24, 2.45) is 4.99 Å². The molecule has 0 saturated heterocycles. The summed E-state index contributed by atoms with van der Waals surface area (Å²) in [5.41, 5.74) is 0.722. The zero-order valence-corrected chi connectivity index (χ0v) is 13.9. The lowest BCUT2D eigenvalue weighted by Crippen LogP contribution is -2.11. The predicted molar refractivity (Wildman–Crippen MR) is 95.9 cm³/mol. The van der Waals surface area contributed by atoms with Crippen molar-refractivity contribution in [2.45, 2.75) is 6.18 Å². The Labute approximate surface area is 154 Å². The first-order chi connectivity index (χ1) is 13.0. The fourth-order valence-corrected chi connectivity index (χ4v) is 2.28. The SMILES string of the molecule is N#Cc1ccc(OC(=Nc2ccccc2)c2ccc(C(F)(F)F)cc2)cc1. The van der Waals surface area contributed by atoms with Crippen molar-refractivity contribution >= 4 is 11.6 Å². The number of benzene rings is 3. The second-order valence-electron chi connectivity index (χ2n) is 5.57. The molecule has 3 nitrogen and oxygen atoms in total. The molecule has 3 aromatic carbocycles. The molecule has 0 N–H and O–H groups in total. The van der Waals surface area contributed by atoms with Crippen LogP contribution in [0.4, 0.5) is 18.9 Å². The zero-order valence-electron chi connectivity index (χ0n) is 13.9. The van der Waals surface area contributed by atoms with E-state index in [1.165, 1.54) is 12.1 Å². The molecule has 0 fully saturated rings. The summed E-state index contributed by atoms with van der Waals surface area (Å²) in [6.07, 6.45) is -4.41. The van der Waals surface area contributed by atoms with E-state index >= 15 is 0 Å². The second-order valence-corrected chi connectivity index (χ2v) is 5.57. The molecular weight excluding hydrogens is 353 g/mol. The Bertz CT molecular complexity index is 971. The van der Waals surface area contributed by atoms with Crippen LogP contribution in [0.2, 0.25) is 0 Å². The van der Waals surface area contributed by atoms with Crippen molar-refractivity contribution < 1.29 is 17.9 Å². The summed E-state index contributed by atoms with van der Waals surface area (Å²) in [5.74, 6) is 0.572. The molecule has 3 aromatic rings. The number of nitrogens with zero attached hydrogens (tertiary/aromatic N) is 2. The quantitative estimate of drug-likeness (QED) is 0.439. The fourth-order valence-electron chi connectivity index (χ4n) is 2.28. The van der Waals surface area contributed by atoms with Crippen molar-refractivity contribution in [3.63, 3.8) is 0 Å². The summed E-state index contributed by atoms with van der Waals surface area (Å²) in [4.78, 5) is 4.41. The van der Waals surface area contributed by atoms with Crippen LogP contribution in [0.15, 0.2) is 83.9 Å². The van der Waals surface area contributed by atoms with Gasteiger partial charge in [0.25, 0.3) is 0 Å². The predicted octanol–water partition coefficient (Wildman–Crippen LogP) is 5.73. The molecule has 6 heteroatoms. The van der Waals surface area contributed by atoms with E-state index < -0.39 is 11.7 Å². The van der Waals surface area contributed by atoms with Crippen LogP contribution < -0.4 is 4.74 Å². The molecule has 0 spiro atoms. The summed E-state index contributed by atoms with van der Waals surface area (Å²) < 4.78 is 44.2. The second kappa shape index (κ2) is 7.75. The van der Waals surface area contributed by atoms with Gasteiger partial charge < -0.3 is 4.74 Å². The minimum atomic E-state index is -4.41. The summed E-state index contributed by atoms with van der Waals surface area (Å²) in [6.45, 7) is 0. The average molecular weight is 366 g/mol. The molecule has 0 atom stereocenters. The number of hydrogen-bond donors (Lipinski definition) is 0. The molecule has 0 aliphatic heterocycles. The molecule has 3 rings (SSSR count). The van der Waals surface area contributed by atoms with E-state index in [1.807, 2.05) is 12.1 Å². The van der Waals surface area contributed by atoms with Crippen LogP contribution in [0.25, 0.3) is 0 Å². The molecule has 134 valence electrons. The molecule has 0 aliphatic rings. The van der Waals surface area contributed by atoms with Crippen molar-refractivity contribution in [3.8, 4) is 11.8 Å². The van der Waals surface area contributed by atoms with E-state index in [0.717, 1.165) is 12.1 Å². The van der Waals surface area contributed by atoms with Crippen LogP contribution in [-0.2, 0) is 6.18 Å². The van der Waals surface area contributed by atoms with Crippen LogP contribution in [0.3, 0.4) is 0 Å². The third kappa shape index (κ3) is 4.73. The minimum absolute atomic E-state index is 0.152. The van der Waals surface area contributed by atoms with E-state index in [9.17, 15) is 13.2 Å². The van der Waals surface area contributed by atoms with Crippen molar-refractivity contribution in [3.05, 3.63) is 95.6 Å². The van der Waals surface area contributed by atoms with Crippen LogP contribution >= 0.6 is 0 Å². The highest BCUT2D eigenvalue weighted by atomic mass is 19.4. The van der Waals surface area contributed by atoms with Crippen molar-refractivity contribution in [1.82, 2.24) is 0 Å². The van der Waals surface area contributed by atoms with Gasteiger partial charge in [0.15, 0.2) is 0 Å². The lowest BCUT2D eigenvalue weighted by Gasteiger charge is -2.11. The van der Waals surface area contributed by atoms with Crippen molar-refractivity contribution in [2.75, 3.05) is 0 Å². The molecule has 0 aromatic heterocycles. The molecule has 27 heavy (non-hydrogen) atoms. The maximum atomic E-state index is 12.8. The number of para-hydroxylation sites is 1. The van der Waals surface area contributed by atoms with E-state index in [-0.39, 0.29) is 5.90 Å². The summed E-state index contributed by atoms with van der Waals surface area (Å²) in [7, 11) is 0. The van der Waals surface area contributed by atoms with Gasteiger partial charge in [0.05, 0.1) is 22.9 Å². The average Bonchev–Trinajstić information content (AvgIpc) is 2.68. The van der Waals surface area contributed by atoms with Gasteiger partial charge in [-0.15, -0.1) is 0 Å². The summed E-state index contributed by atoms with van der Waals surface area (Å²) in [6, 6.07) is 21.9. The molecule has 0 amide bonds. The number of aliphatic imine (C=N–C) groups is 1. The normalized spacial score (nSPS) is 11.7. The number of rotatable bonds is 3.